The van der Waals surface area contributed by atoms with Crippen molar-refractivity contribution in [1.29, 1.82) is 0 Å². The highest BCUT2D eigenvalue weighted by Crippen LogP contribution is 2.26. The predicted octanol–water partition coefficient (Wildman–Crippen LogP) is 0.562. The van der Waals surface area contributed by atoms with E-state index in [1.165, 1.54) is 15.6 Å². The quantitative estimate of drug-likeness (QED) is 0.636. The Morgan fingerprint density at radius 1 is 1.24 bits per heavy atom. The van der Waals surface area contributed by atoms with Gasteiger partial charge in [0.05, 0.1) is 0 Å². The minimum Gasteiger partial charge on any atom is -0.398 e. The fourth-order valence-electron chi connectivity index (χ4n) is 2.80. The van der Waals surface area contributed by atoms with Gasteiger partial charge in [-0.25, -0.2) is 9.89 Å². The van der Waals surface area contributed by atoms with Crippen LogP contribution >= 0.6 is 0 Å². The largest absolute Gasteiger partial charge is 0.398 e. The summed E-state index contributed by atoms with van der Waals surface area (Å²) in [6, 6.07) is 9.65. The number of anilines is 2. The van der Waals surface area contributed by atoms with Crippen molar-refractivity contribution >= 4 is 17.2 Å². The van der Waals surface area contributed by atoms with Gasteiger partial charge < -0.3 is 10.6 Å². The van der Waals surface area contributed by atoms with Crippen molar-refractivity contribution in [2.75, 3.05) is 17.2 Å². The van der Waals surface area contributed by atoms with Crippen LogP contribution in [-0.4, -0.2) is 26.4 Å². The Morgan fingerprint density at radius 2 is 2.14 bits per heavy atom. The molecule has 0 aliphatic carbocycles. The third-order valence-electron chi connectivity index (χ3n) is 3.89. The smallest absolute Gasteiger partial charge is 0.364 e. The minimum absolute atomic E-state index is 0.325. The Balaban J connectivity index is 1.73. The molecule has 0 atom stereocenters. The molecule has 0 amide bonds. The summed E-state index contributed by atoms with van der Waals surface area (Å²) in [5, 5.41) is 10.6. The fourth-order valence-corrected chi connectivity index (χ4v) is 2.80. The molecule has 7 heteroatoms. The first-order valence-electron chi connectivity index (χ1n) is 6.78. The highest BCUT2D eigenvalue weighted by molar-refractivity contribution is 5.55. The highest BCUT2D eigenvalue weighted by atomic mass is 16.2. The van der Waals surface area contributed by atoms with Crippen molar-refractivity contribution in [3.05, 3.63) is 51.9 Å². The molecule has 4 rings (SSSR count). The third-order valence-corrected chi connectivity index (χ3v) is 3.89. The number of fused-ring (bicyclic) bond motifs is 2. The monoisotopic (exact) mass is 282 g/mol. The van der Waals surface area contributed by atoms with Gasteiger partial charge in [0, 0.05) is 18.8 Å². The van der Waals surface area contributed by atoms with Crippen LogP contribution in [0.5, 0.6) is 0 Å². The zero-order valence-electron chi connectivity index (χ0n) is 11.3. The number of aromatic nitrogens is 4. The van der Waals surface area contributed by atoms with Gasteiger partial charge in [-0.05, 0) is 35.7 Å². The number of nitrogen functional groups attached to an aromatic ring is 1. The average Bonchev–Trinajstić information content (AvgIpc) is 2.88. The van der Waals surface area contributed by atoms with Crippen LogP contribution in [0, 0.1) is 0 Å². The van der Waals surface area contributed by atoms with Crippen molar-refractivity contribution in [1.82, 2.24) is 19.8 Å². The molecule has 3 heterocycles. The van der Waals surface area contributed by atoms with Crippen LogP contribution in [0.25, 0.3) is 5.65 Å². The lowest BCUT2D eigenvalue weighted by atomic mass is 9.98. The zero-order chi connectivity index (χ0) is 14.4. The van der Waals surface area contributed by atoms with Crippen LogP contribution in [0.3, 0.4) is 0 Å². The lowest BCUT2D eigenvalue weighted by molar-refractivity contribution is 0.706. The Kier molecular flexibility index (Phi) is 2.47. The van der Waals surface area contributed by atoms with Crippen LogP contribution < -0.4 is 16.3 Å². The van der Waals surface area contributed by atoms with E-state index in [-0.39, 0.29) is 5.69 Å². The lowest BCUT2D eigenvalue weighted by Crippen LogP contribution is -2.32. The van der Waals surface area contributed by atoms with E-state index in [0.29, 0.717) is 5.65 Å². The maximum absolute atomic E-state index is 11.6. The molecule has 7 nitrogen and oxygen atoms in total. The normalized spacial score (nSPS) is 14.4. The molecule has 0 radical (unpaired) electrons. The first kappa shape index (κ1) is 12.0. The summed E-state index contributed by atoms with van der Waals surface area (Å²) in [6.07, 6.45) is 0.877. The first-order chi connectivity index (χ1) is 10.2. The van der Waals surface area contributed by atoms with Crippen LogP contribution in [0.15, 0.2) is 35.1 Å². The van der Waals surface area contributed by atoms with E-state index >= 15 is 0 Å². The third kappa shape index (κ3) is 1.85. The molecular weight excluding hydrogens is 268 g/mol. The van der Waals surface area contributed by atoms with Gasteiger partial charge in [0.25, 0.3) is 0 Å². The second kappa shape index (κ2) is 4.34. The summed E-state index contributed by atoms with van der Waals surface area (Å²) in [6.45, 7) is 1.57. The number of nitrogens with two attached hydrogens (primary N) is 1. The molecule has 106 valence electrons. The van der Waals surface area contributed by atoms with E-state index in [9.17, 15) is 4.79 Å². The van der Waals surface area contributed by atoms with E-state index in [2.05, 4.69) is 26.3 Å². The van der Waals surface area contributed by atoms with E-state index in [4.69, 9.17) is 5.73 Å². The molecule has 0 spiro atoms. The Morgan fingerprint density at radius 3 is 3.05 bits per heavy atom. The van der Waals surface area contributed by atoms with E-state index in [1.54, 1.807) is 6.07 Å². The van der Waals surface area contributed by atoms with Crippen molar-refractivity contribution < 1.29 is 0 Å². The molecule has 21 heavy (non-hydrogen) atoms. The first-order valence-corrected chi connectivity index (χ1v) is 6.78. The highest BCUT2D eigenvalue weighted by Gasteiger charge is 2.19. The van der Waals surface area contributed by atoms with Crippen molar-refractivity contribution in [2.24, 2.45) is 0 Å². The van der Waals surface area contributed by atoms with Crippen molar-refractivity contribution in [3.8, 4) is 0 Å². The molecule has 1 aliphatic rings. The maximum Gasteiger partial charge on any atom is 0.364 e. The molecule has 3 aromatic rings. The Hall–Kier alpha value is -2.83. The second-order valence-electron chi connectivity index (χ2n) is 5.15. The Bertz CT molecular complexity index is 881. The molecule has 0 bridgehead atoms. The molecule has 1 aromatic carbocycles. The topological polar surface area (TPSA) is 92.3 Å². The molecule has 3 N–H and O–H groups in total. The van der Waals surface area contributed by atoms with Gasteiger partial charge >= 0.3 is 5.69 Å². The zero-order valence-corrected chi connectivity index (χ0v) is 11.3. The summed E-state index contributed by atoms with van der Waals surface area (Å²) in [5.41, 5.74) is 9.48. The van der Waals surface area contributed by atoms with Gasteiger partial charge in [-0.1, -0.05) is 12.1 Å². The summed E-state index contributed by atoms with van der Waals surface area (Å²) < 4.78 is 1.28. The molecule has 1 aliphatic heterocycles. The predicted molar refractivity (Wildman–Crippen MR) is 79.2 cm³/mol. The molecule has 0 saturated heterocycles. The number of nitrogens with one attached hydrogen (secondary N) is 1. The Labute approximate surface area is 120 Å². The molecular formula is C14H14N6O. The van der Waals surface area contributed by atoms with Gasteiger partial charge in [0.2, 0.25) is 0 Å². The van der Waals surface area contributed by atoms with Gasteiger partial charge in [-0.3, -0.25) is 0 Å². The van der Waals surface area contributed by atoms with Crippen LogP contribution in [0.4, 0.5) is 11.5 Å². The SMILES string of the molecule is Nc1cccc2c1CCN(c1ccc3n[nH]c(=O)n3n1)C2. The van der Waals surface area contributed by atoms with Crippen molar-refractivity contribution in [2.45, 2.75) is 13.0 Å². The number of rotatable bonds is 1. The fraction of sp³-hybridized carbons (Fsp3) is 0.214. The van der Waals surface area contributed by atoms with Gasteiger partial charge in [0.15, 0.2) is 5.65 Å². The van der Waals surface area contributed by atoms with Crippen LogP contribution in [0.2, 0.25) is 0 Å². The average molecular weight is 282 g/mol. The summed E-state index contributed by atoms with van der Waals surface area (Å²) >= 11 is 0. The number of hydrogen-bond donors (Lipinski definition) is 2. The number of hydrogen-bond acceptors (Lipinski definition) is 5. The summed E-state index contributed by atoms with van der Waals surface area (Å²) in [5.74, 6) is 0.763. The van der Waals surface area contributed by atoms with Crippen molar-refractivity contribution in [3.63, 3.8) is 0 Å². The number of aromatic amines is 1. The summed E-state index contributed by atoms with van der Waals surface area (Å²) in [7, 11) is 0. The minimum atomic E-state index is -0.325. The standard InChI is InChI=1S/C14H14N6O/c15-11-3-1-2-9-8-19(7-6-10(9)11)13-5-4-12-16-17-14(21)20(12)18-13/h1-5H,6-8,15H2,(H,17,21). The molecule has 0 saturated carbocycles. The molecule has 0 fully saturated rings. The van der Waals surface area contributed by atoms with Gasteiger partial charge in [-0.2, -0.15) is 9.61 Å². The molecule has 2 aromatic heterocycles. The maximum atomic E-state index is 11.6. The molecule has 0 unspecified atom stereocenters. The number of benzene rings is 1. The lowest BCUT2D eigenvalue weighted by Gasteiger charge is -2.30. The number of nitrogens with zero attached hydrogens (tertiary/aromatic N) is 4. The van der Waals surface area contributed by atoms with E-state index in [0.717, 1.165) is 31.0 Å². The van der Waals surface area contributed by atoms with E-state index < -0.39 is 0 Å². The number of H-pyrrole nitrogens is 1. The van der Waals surface area contributed by atoms with Crippen LogP contribution in [-0.2, 0) is 13.0 Å². The second-order valence-corrected chi connectivity index (χ2v) is 5.15. The van der Waals surface area contributed by atoms with E-state index in [1.807, 2.05) is 18.2 Å². The van der Waals surface area contributed by atoms with Crippen LogP contribution in [0.1, 0.15) is 11.1 Å². The van der Waals surface area contributed by atoms with Gasteiger partial charge in [0.1, 0.15) is 5.82 Å². The summed E-state index contributed by atoms with van der Waals surface area (Å²) in [4.78, 5) is 13.7. The van der Waals surface area contributed by atoms with Gasteiger partial charge in [-0.15, -0.1) is 5.10 Å².